The van der Waals surface area contributed by atoms with Gasteiger partial charge in [-0.25, -0.2) is 0 Å². The molecule has 2 atom stereocenters. The number of rotatable bonds is 1. The summed E-state index contributed by atoms with van der Waals surface area (Å²) in [7, 11) is 0. The standard InChI is InChI=1S/C17H22O2/c1-16-10-6-7-11-17(16,2)13-19-15(18-12-16)14-8-4-3-5-9-14/h3-9,15H,10-13H2,1-2H3/t16-,17-/m0/s1. The van der Waals surface area contributed by atoms with Gasteiger partial charge in [-0.1, -0.05) is 56.3 Å². The summed E-state index contributed by atoms with van der Waals surface area (Å²) in [6.07, 6.45) is 6.51. The minimum atomic E-state index is -0.222. The molecular weight excluding hydrogens is 236 g/mol. The minimum absolute atomic E-state index is 0.172. The van der Waals surface area contributed by atoms with Gasteiger partial charge in [-0.2, -0.15) is 0 Å². The van der Waals surface area contributed by atoms with E-state index < -0.39 is 0 Å². The van der Waals surface area contributed by atoms with Crippen LogP contribution in [0.3, 0.4) is 0 Å². The Morgan fingerprint density at radius 2 is 1.42 bits per heavy atom. The Morgan fingerprint density at radius 1 is 0.895 bits per heavy atom. The van der Waals surface area contributed by atoms with Crippen molar-refractivity contribution in [2.45, 2.75) is 33.0 Å². The lowest BCUT2D eigenvalue weighted by Crippen LogP contribution is -2.43. The highest BCUT2D eigenvalue weighted by Crippen LogP contribution is 2.51. The molecule has 0 bridgehead atoms. The van der Waals surface area contributed by atoms with Gasteiger partial charge >= 0.3 is 0 Å². The van der Waals surface area contributed by atoms with Crippen LogP contribution in [0.25, 0.3) is 0 Å². The molecule has 2 heteroatoms. The maximum absolute atomic E-state index is 6.07. The van der Waals surface area contributed by atoms with Crippen molar-refractivity contribution in [1.82, 2.24) is 0 Å². The highest BCUT2D eigenvalue weighted by Gasteiger charge is 2.47. The van der Waals surface area contributed by atoms with Gasteiger partial charge in [-0.3, -0.25) is 0 Å². The van der Waals surface area contributed by atoms with E-state index >= 15 is 0 Å². The summed E-state index contributed by atoms with van der Waals surface area (Å²) in [6.45, 7) is 6.17. The van der Waals surface area contributed by atoms with Gasteiger partial charge in [-0.05, 0) is 12.8 Å². The largest absolute Gasteiger partial charge is 0.348 e. The first-order valence-electron chi connectivity index (χ1n) is 7.06. The van der Waals surface area contributed by atoms with Crippen molar-refractivity contribution in [2.24, 2.45) is 10.8 Å². The van der Waals surface area contributed by atoms with Crippen LogP contribution < -0.4 is 0 Å². The highest BCUT2D eigenvalue weighted by atomic mass is 16.7. The molecule has 1 aliphatic carbocycles. The number of allylic oxidation sites excluding steroid dienone is 2. The van der Waals surface area contributed by atoms with E-state index in [9.17, 15) is 0 Å². The van der Waals surface area contributed by atoms with Gasteiger partial charge in [0.2, 0.25) is 0 Å². The number of ether oxygens (including phenoxy) is 2. The van der Waals surface area contributed by atoms with Gasteiger partial charge in [0.25, 0.3) is 0 Å². The van der Waals surface area contributed by atoms with E-state index in [1.807, 2.05) is 18.2 Å². The predicted octanol–water partition coefficient (Wildman–Crippen LogP) is 4.09. The van der Waals surface area contributed by atoms with Crippen LogP contribution in [0.15, 0.2) is 42.5 Å². The zero-order valence-corrected chi connectivity index (χ0v) is 11.8. The SMILES string of the molecule is C[C@@]12CC=CC[C@@]1(C)COC(c1ccccc1)OC2. The van der Waals surface area contributed by atoms with Gasteiger partial charge in [-0.15, -0.1) is 0 Å². The molecule has 2 aliphatic rings. The molecule has 1 heterocycles. The van der Waals surface area contributed by atoms with E-state index in [1.54, 1.807) is 0 Å². The van der Waals surface area contributed by atoms with Crippen molar-refractivity contribution in [3.63, 3.8) is 0 Å². The van der Waals surface area contributed by atoms with Gasteiger partial charge in [0.15, 0.2) is 6.29 Å². The van der Waals surface area contributed by atoms with Crippen LogP contribution >= 0.6 is 0 Å². The molecule has 0 N–H and O–H groups in total. The van der Waals surface area contributed by atoms with E-state index in [0.29, 0.717) is 0 Å². The molecule has 1 aromatic carbocycles. The fourth-order valence-corrected chi connectivity index (χ4v) is 3.02. The molecule has 2 nitrogen and oxygen atoms in total. The molecule has 0 saturated carbocycles. The smallest absolute Gasteiger partial charge is 0.183 e. The highest BCUT2D eigenvalue weighted by molar-refractivity contribution is 5.17. The summed E-state index contributed by atoms with van der Waals surface area (Å²) in [5.74, 6) is 0. The van der Waals surface area contributed by atoms with Crippen LogP contribution in [-0.2, 0) is 9.47 Å². The first-order valence-corrected chi connectivity index (χ1v) is 7.06. The molecule has 0 radical (unpaired) electrons. The van der Waals surface area contributed by atoms with Crippen LogP contribution in [0.2, 0.25) is 0 Å². The molecule has 1 saturated heterocycles. The first kappa shape index (κ1) is 12.9. The van der Waals surface area contributed by atoms with Crippen LogP contribution in [0, 0.1) is 10.8 Å². The summed E-state index contributed by atoms with van der Waals surface area (Å²) in [5, 5.41) is 0. The summed E-state index contributed by atoms with van der Waals surface area (Å²) in [6, 6.07) is 10.2. The zero-order valence-electron chi connectivity index (χ0n) is 11.8. The lowest BCUT2D eigenvalue weighted by molar-refractivity contribution is -0.138. The molecule has 19 heavy (non-hydrogen) atoms. The van der Waals surface area contributed by atoms with Crippen molar-refractivity contribution in [2.75, 3.05) is 13.2 Å². The van der Waals surface area contributed by atoms with Crippen LogP contribution in [0.5, 0.6) is 0 Å². The van der Waals surface area contributed by atoms with Crippen molar-refractivity contribution in [3.05, 3.63) is 48.0 Å². The zero-order chi connectivity index (χ0) is 13.3. The third-order valence-corrected chi connectivity index (χ3v) is 4.94. The number of fused-ring (bicyclic) bond motifs is 1. The fourth-order valence-electron chi connectivity index (χ4n) is 3.02. The molecule has 0 amide bonds. The Morgan fingerprint density at radius 3 is 1.95 bits per heavy atom. The molecule has 3 rings (SSSR count). The Balaban J connectivity index is 1.83. The predicted molar refractivity (Wildman–Crippen MR) is 75.7 cm³/mol. The average molecular weight is 258 g/mol. The van der Waals surface area contributed by atoms with Crippen molar-refractivity contribution in [3.8, 4) is 0 Å². The Hall–Kier alpha value is -1.12. The van der Waals surface area contributed by atoms with Crippen LogP contribution in [-0.4, -0.2) is 13.2 Å². The summed E-state index contributed by atoms with van der Waals surface area (Å²) < 4.78 is 12.1. The molecule has 102 valence electrons. The summed E-state index contributed by atoms with van der Waals surface area (Å²) in [4.78, 5) is 0. The van der Waals surface area contributed by atoms with Crippen LogP contribution in [0.4, 0.5) is 0 Å². The van der Waals surface area contributed by atoms with E-state index in [-0.39, 0.29) is 17.1 Å². The molecule has 1 aromatic rings. The van der Waals surface area contributed by atoms with E-state index in [1.165, 1.54) is 0 Å². The van der Waals surface area contributed by atoms with Gasteiger partial charge in [0.05, 0.1) is 13.2 Å². The molecule has 0 unspecified atom stereocenters. The second kappa shape index (κ2) is 4.77. The maximum atomic E-state index is 6.07. The topological polar surface area (TPSA) is 18.5 Å². The maximum Gasteiger partial charge on any atom is 0.183 e. The monoisotopic (exact) mass is 258 g/mol. The molecular formula is C17H22O2. The minimum Gasteiger partial charge on any atom is -0.348 e. The van der Waals surface area contributed by atoms with Crippen molar-refractivity contribution >= 4 is 0 Å². The molecule has 0 spiro atoms. The molecule has 1 aliphatic heterocycles. The third kappa shape index (κ3) is 2.24. The quantitative estimate of drug-likeness (QED) is 0.706. The summed E-state index contributed by atoms with van der Waals surface area (Å²) in [5.41, 5.74) is 1.46. The number of hydrogen-bond acceptors (Lipinski definition) is 2. The summed E-state index contributed by atoms with van der Waals surface area (Å²) >= 11 is 0. The number of hydrogen-bond donors (Lipinski definition) is 0. The Kier molecular flexibility index (Phi) is 3.23. The molecule has 0 aromatic heterocycles. The third-order valence-electron chi connectivity index (χ3n) is 4.94. The second-order valence-corrected chi connectivity index (χ2v) is 6.37. The van der Waals surface area contributed by atoms with Crippen molar-refractivity contribution in [1.29, 1.82) is 0 Å². The Labute approximate surface area is 115 Å². The van der Waals surface area contributed by atoms with Gasteiger partial charge < -0.3 is 9.47 Å². The number of benzene rings is 1. The van der Waals surface area contributed by atoms with Crippen molar-refractivity contribution < 1.29 is 9.47 Å². The van der Waals surface area contributed by atoms with E-state index in [2.05, 4.69) is 38.1 Å². The lowest BCUT2D eigenvalue weighted by atomic mass is 9.60. The lowest BCUT2D eigenvalue weighted by Gasteiger charge is -2.45. The first-order chi connectivity index (χ1) is 9.13. The normalized spacial score (nSPS) is 35.7. The van der Waals surface area contributed by atoms with E-state index in [0.717, 1.165) is 31.6 Å². The second-order valence-electron chi connectivity index (χ2n) is 6.37. The van der Waals surface area contributed by atoms with Crippen LogP contribution in [0.1, 0.15) is 38.5 Å². The van der Waals surface area contributed by atoms with Gasteiger partial charge in [0, 0.05) is 16.4 Å². The fraction of sp³-hybridized carbons (Fsp3) is 0.529. The Bertz CT molecular complexity index is 443. The average Bonchev–Trinajstić information content (AvgIpc) is 2.57. The van der Waals surface area contributed by atoms with E-state index in [4.69, 9.17) is 9.47 Å². The molecule has 1 fully saturated rings. The van der Waals surface area contributed by atoms with Gasteiger partial charge in [0.1, 0.15) is 0 Å².